The number of nitrogens with zero attached hydrogens (tertiary/aromatic N) is 2. The largest absolute Gasteiger partial charge is 0.334 e. The lowest BCUT2D eigenvalue weighted by atomic mass is 10.2. The van der Waals surface area contributed by atoms with E-state index >= 15 is 0 Å². The van der Waals surface area contributed by atoms with Crippen LogP contribution in [-0.2, 0) is 16.1 Å². The Balaban J connectivity index is 1.89. The van der Waals surface area contributed by atoms with Crippen LogP contribution in [0.5, 0.6) is 0 Å². The third-order valence-electron chi connectivity index (χ3n) is 3.31. The van der Waals surface area contributed by atoms with Crippen LogP contribution < -0.4 is 0 Å². The minimum Gasteiger partial charge on any atom is -0.334 e. The van der Waals surface area contributed by atoms with Gasteiger partial charge in [-0.15, -0.1) is 0 Å². The van der Waals surface area contributed by atoms with Gasteiger partial charge in [0.05, 0.1) is 0 Å². The van der Waals surface area contributed by atoms with Gasteiger partial charge in [0.2, 0.25) is 5.78 Å². The smallest absolute Gasteiger partial charge is 0.289 e. The minimum atomic E-state index is -0.428. The number of rotatable bonds is 3. The van der Waals surface area contributed by atoms with Gasteiger partial charge in [-0.2, -0.15) is 0 Å². The monoisotopic (exact) mass is 264 g/mol. The SMILES string of the molecule is CC(=O)C(=O)N1CCN(Cc2ccccc2F)CC1. The Morgan fingerprint density at radius 2 is 1.79 bits per heavy atom. The molecule has 0 bridgehead atoms. The molecule has 0 saturated carbocycles. The van der Waals surface area contributed by atoms with Gasteiger partial charge in [0, 0.05) is 45.2 Å². The van der Waals surface area contributed by atoms with E-state index in [0.29, 0.717) is 38.3 Å². The summed E-state index contributed by atoms with van der Waals surface area (Å²) in [4.78, 5) is 26.2. The van der Waals surface area contributed by atoms with Crippen LogP contribution in [0.2, 0.25) is 0 Å². The Bertz CT molecular complexity index is 482. The first-order valence-electron chi connectivity index (χ1n) is 6.33. The molecule has 0 N–H and O–H groups in total. The summed E-state index contributed by atoms with van der Waals surface area (Å²) in [5.41, 5.74) is 0.661. The second kappa shape index (κ2) is 5.93. The van der Waals surface area contributed by atoms with E-state index in [9.17, 15) is 14.0 Å². The van der Waals surface area contributed by atoms with Crippen molar-refractivity contribution >= 4 is 11.7 Å². The van der Waals surface area contributed by atoms with Crippen LogP contribution in [0.25, 0.3) is 0 Å². The Kier molecular flexibility index (Phi) is 4.27. The lowest BCUT2D eigenvalue weighted by Crippen LogP contribution is -2.49. The van der Waals surface area contributed by atoms with E-state index in [2.05, 4.69) is 4.90 Å². The standard InChI is InChI=1S/C14H17FN2O2/c1-11(18)14(19)17-8-6-16(7-9-17)10-12-4-2-3-5-13(12)15/h2-5H,6-10H2,1H3. The molecular weight excluding hydrogens is 247 g/mol. The molecule has 0 spiro atoms. The van der Waals surface area contributed by atoms with E-state index in [0.717, 1.165) is 0 Å². The molecule has 0 aliphatic carbocycles. The number of hydrogen-bond donors (Lipinski definition) is 0. The summed E-state index contributed by atoms with van der Waals surface area (Å²) >= 11 is 0. The fraction of sp³-hybridized carbons (Fsp3) is 0.429. The van der Waals surface area contributed by atoms with Crippen molar-refractivity contribution in [3.8, 4) is 0 Å². The lowest BCUT2D eigenvalue weighted by molar-refractivity contribution is -0.144. The highest BCUT2D eigenvalue weighted by molar-refractivity contribution is 6.35. The highest BCUT2D eigenvalue weighted by atomic mass is 19.1. The van der Waals surface area contributed by atoms with Gasteiger partial charge in [0.25, 0.3) is 5.91 Å². The van der Waals surface area contributed by atoms with Gasteiger partial charge in [0.15, 0.2) is 0 Å². The molecule has 1 aliphatic heterocycles. The summed E-state index contributed by atoms with van der Waals surface area (Å²) in [5.74, 6) is -1.06. The van der Waals surface area contributed by atoms with E-state index < -0.39 is 11.7 Å². The van der Waals surface area contributed by atoms with Gasteiger partial charge in [-0.3, -0.25) is 14.5 Å². The second-order valence-corrected chi connectivity index (χ2v) is 4.72. The maximum absolute atomic E-state index is 13.5. The first-order valence-corrected chi connectivity index (χ1v) is 6.33. The molecule has 4 nitrogen and oxygen atoms in total. The van der Waals surface area contributed by atoms with Gasteiger partial charge in [-0.05, 0) is 6.07 Å². The molecule has 1 aromatic carbocycles. The maximum Gasteiger partial charge on any atom is 0.289 e. The molecule has 0 atom stereocenters. The number of halogens is 1. The number of amides is 1. The average Bonchev–Trinajstić information content (AvgIpc) is 2.41. The summed E-state index contributed by atoms with van der Waals surface area (Å²) in [7, 11) is 0. The highest BCUT2D eigenvalue weighted by Gasteiger charge is 2.23. The Labute approximate surface area is 111 Å². The zero-order chi connectivity index (χ0) is 13.8. The fourth-order valence-corrected chi connectivity index (χ4v) is 2.20. The molecule has 2 rings (SSSR count). The number of carbonyl (C=O) groups is 2. The van der Waals surface area contributed by atoms with Crippen molar-refractivity contribution < 1.29 is 14.0 Å². The molecule has 0 radical (unpaired) electrons. The summed E-state index contributed by atoms with van der Waals surface area (Å²) in [6.07, 6.45) is 0. The van der Waals surface area contributed by atoms with Crippen LogP contribution >= 0.6 is 0 Å². The van der Waals surface area contributed by atoms with Crippen molar-refractivity contribution in [2.75, 3.05) is 26.2 Å². The lowest BCUT2D eigenvalue weighted by Gasteiger charge is -2.34. The third kappa shape index (κ3) is 3.38. The Hall–Kier alpha value is -1.75. The molecule has 19 heavy (non-hydrogen) atoms. The van der Waals surface area contributed by atoms with E-state index in [1.807, 2.05) is 6.07 Å². The molecule has 102 valence electrons. The molecule has 1 amide bonds. The third-order valence-corrected chi connectivity index (χ3v) is 3.31. The van der Waals surface area contributed by atoms with E-state index in [1.54, 1.807) is 17.0 Å². The number of carbonyl (C=O) groups excluding carboxylic acids is 2. The second-order valence-electron chi connectivity index (χ2n) is 4.72. The van der Waals surface area contributed by atoms with Gasteiger partial charge in [-0.1, -0.05) is 18.2 Å². The van der Waals surface area contributed by atoms with Crippen LogP contribution in [0.3, 0.4) is 0 Å². The van der Waals surface area contributed by atoms with Crippen LogP contribution in [0.4, 0.5) is 4.39 Å². The summed E-state index contributed by atoms with van der Waals surface area (Å²) in [5, 5.41) is 0. The van der Waals surface area contributed by atoms with E-state index in [-0.39, 0.29) is 5.82 Å². The van der Waals surface area contributed by atoms with Crippen LogP contribution in [-0.4, -0.2) is 47.7 Å². The van der Waals surface area contributed by atoms with Crippen molar-refractivity contribution in [2.24, 2.45) is 0 Å². The number of hydrogen-bond acceptors (Lipinski definition) is 3. The van der Waals surface area contributed by atoms with Gasteiger partial charge in [-0.25, -0.2) is 4.39 Å². The van der Waals surface area contributed by atoms with E-state index in [4.69, 9.17) is 0 Å². The first kappa shape index (κ1) is 13.7. The molecule has 0 aromatic heterocycles. The summed E-state index contributed by atoms with van der Waals surface area (Å²) in [6.45, 7) is 4.18. The molecule has 1 saturated heterocycles. The zero-order valence-corrected chi connectivity index (χ0v) is 10.9. The number of Topliss-reactive ketones (excluding diaryl/α,β-unsaturated/α-hetero) is 1. The highest BCUT2D eigenvalue weighted by Crippen LogP contribution is 2.12. The number of benzene rings is 1. The molecule has 0 unspecified atom stereocenters. The predicted octanol–water partition coefficient (Wildman–Crippen LogP) is 1.06. The van der Waals surface area contributed by atoms with Crippen molar-refractivity contribution in [3.63, 3.8) is 0 Å². The van der Waals surface area contributed by atoms with Crippen LogP contribution in [0.15, 0.2) is 24.3 Å². The number of piperazine rings is 1. The van der Waals surface area contributed by atoms with Gasteiger partial charge < -0.3 is 4.90 Å². The summed E-state index contributed by atoms with van der Waals surface area (Å²) in [6, 6.07) is 6.70. The maximum atomic E-state index is 13.5. The predicted molar refractivity (Wildman–Crippen MR) is 68.9 cm³/mol. The molecule has 5 heteroatoms. The first-order chi connectivity index (χ1) is 9.08. The topological polar surface area (TPSA) is 40.6 Å². The molecule has 1 heterocycles. The Morgan fingerprint density at radius 3 is 2.37 bits per heavy atom. The van der Waals surface area contributed by atoms with Crippen molar-refractivity contribution in [3.05, 3.63) is 35.6 Å². The Morgan fingerprint density at radius 1 is 1.16 bits per heavy atom. The van der Waals surface area contributed by atoms with Gasteiger partial charge >= 0.3 is 0 Å². The normalized spacial score (nSPS) is 16.4. The van der Waals surface area contributed by atoms with Crippen molar-refractivity contribution in [2.45, 2.75) is 13.5 Å². The fourth-order valence-electron chi connectivity index (χ4n) is 2.20. The van der Waals surface area contributed by atoms with Crippen LogP contribution in [0.1, 0.15) is 12.5 Å². The molecule has 1 aromatic rings. The van der Waals surface area contributed by atoms with Crippen LogP contribution in [0, 0.1) is 5.82 Å². The molecule has 1 aliphatic rings. The van der Waals surface area contributed by atoms with Crippen molar-refractivity contribution in [1.82, 2.24) is 9.80 Å². The summed E-state index contributed by atoms with van der Waals surface area (Å²) < 4.78 is 13.5. The molecule has 1 fully saturated rings. The quantitative estimate of drug-likeness (QED) is 0.766. The zero-order valence-electron chi connectivity index (χ0n) is 10.9. The van der Waals surface area contributed by atoms with E-state index in [1.165, 1.54) is 13.0 Å². The minimum absolute atomic E-state index is 0.204. The average molecular weight is 264 g/mol. The number of ketones is 1. The molecular formula is C14H17FN2O2. The van der Waals surface area contributed by atoms with Crippen molar-refractivity contribution in [1.29, 1.82) is 0 Å². The van der Waals surface area contributed by atoms with Gasteiger partial charge in [0.1, 0.15) is 5.82 Å².